The Balaban J connectivity index is 4.65. The van der Waals surface area contributed by atoms with E-state index in [2.05, 4.69) is 0 Å². The summed E-state index contributed by atoms with van der Waals surface area (Å²) in [6.07, 6.45) is 1.58. The minimum atomic E-state index is -4.24. The average molecular weight is 221 g/mol. The molecule has 2 atom stereocenters. The largest absolute Gasteiger partial charge is 0.395 e. The zero-order valence-corrected chi connectivity index (χ0v) is 8.87. The number of nitrogens with zero attached hydrogens (tertiary/aromatic N) is 1. The summed E-state index contributed by atoms with van der Waals surface area (Å²) in [6, 6.07) is 1.68. The van der Waals surface area contributed by atoms with Crippen molar-refractivity contribution in [1.82, 2.24) is 0 Å². The molecule has 0 rings (SSSR count). The Morgan fingerprint density at radius 3 is 2.36 bits per heavy atom. The number of aliphatic hydroxyl groups is 1. The molecule has 6 heteroatoms. The quantitative estimate of drug-likeness (QED) is 0.639. The number of aliphatic hydroxyl groups excluding tert-OH is 1. The molecule has 0 radical (unpaired) electrons. The summed E-state index contributed by atoms with van der Waals surface area (Å²) in [5, 5.41) is 16.2. The second kappa shape index (κ2) is 5.96. The number of hydrogen-bond donors (Lipinski definition) is 2. The summed E-state index contributed by atoms with van der Waals surface area (Å²) in [4.78, 5) is 0. The lowest BCUT2D eigenvalue weighted by Crippen LogP contribution is -2.31. The Hall–Kier alpha value is -0.640. The van der Waals surface area contributed by atoms with E-state index in [0.29, 0.717) is 6.42 Å². The van der Waals surface area contributed by atoms with E-state index in [-0.39, 0.29) is 6.42 Å². The molecule has 0 aromatic heterocycles. The molecule has 0 aliphatic heterocycles. The van der Waals surface area contributed by atoms with Crippen LogP contribution in [0.2, 0.25) is 0 Å². The molecular formula is C8H15NO4S. The molecule has 0 fully saturated rings. The van der Waals surface area contributed by atoms with Crippen LogP contribution in [0, 0.1) is 17.2 Å². The Labute approximate surface area is 84.1 Å². The molecule has 0 bridgehead atoms. The highest BCUT2D eigenvalue weighted by atomic mass is 32.2. The van der Waals surface area contributed by atoms with Crippen LogP contribution < -0.4 is 0 Å². The predicted molar refractivity (Wildman–Crippen MR) is 51.1 cm³/mol. The number of unbranched alkanes of at least 4 members (excludes halogenated alkanes) is 1. The van der Waals surface area contributed by atoms with E-state index in [1.54, 1.807) is 6.07 Å². The topological polar surface area (TPSA) is 98.4 Å². The van der Waals surface area contributed by atoms with Crippen LogP contribution in [0.3, 0.4) is 0 Å². The fourth-order valence-electron chi connectivity index (χ4n) is 1.20. The van der Waals surface area contributed by atoms with Gasteiger partial charge in [-0.2, -0.15) is 13.7 Å². The van der Waals surface area contributed by atoms with Crippen LogP contribution in [-0.4, -0.2) is 29.9 Å². The lowest BCUT2D eigenvalue weighted by atomic mass is 10.0. The normalized spacial score (nSPS) is 15.9. The maximum Gasteiger partial charge on any atom is 0.269 e. The van der Waals surface area contributed by atoms with Crippen molar-refractivity contribution in [3.63, 3.8) is 0 Å². The molecule has 0 aromatic rings. The predicted octanol–water partition coefficient (Wildman–Crippen LogP) is 0.565. The molecule has 2 N–H and O–H groups in total. The van der Waals surface area contributed by atoms with Gasteiger partial charge in [0.15, 0.2) is 0 Å². The molecule has 0 heterocycles. The summed E-state index contributed by atoms with van der Waals surface area (Å²) >= 11 is 0. The van der Waals surface area contributed by atoms with Crippen molar-refractivity contribution >= 4 is 10.1 Å². The molecule has 0 aliphatic carbocycles. The zero-order valence-electron chi connectivity index (χ0n) is 8.05. The standard InChI is InChI=1S/C8H15NO4S/c1-2-3-4-8(14(11,12)13)7(5-9)6-10/h7-8,10H,2-4,6H2,1H3,(H,11,12,13). The smallest absolute Gasteiger partial charge is 0.269 e. The number of rotatable bonds is 6. The van der Waals surface area contributed by atoms with E-state index in [9.17, 15) is 8.42 Å². The van der Waals surface area contributed by atoms with Crippen molar-refractivity contribution in [1.29, 1.82) is 5.26 Å². The molecule has 82 valence electrons. The Kier molecular flexibility index (Phi) is 5.69. The van der Waals surface area contributed by atoms with Gasteiger partial charge in [-0.15, -0.1) is 0 Å². The second-order valence-electron chi connectivity index (χ2n) is 3.11. The van der Waals surface area contributed by atoms with E-state index in [4.69, 9.17) is 14.9 Å². The van der Waals surface area contributed by atoms with Gasteiger partial charge in [-0.05, 0) is 6.42 Å². The molecule has 2 unspecified atom stereocenters. The van der Waals surface area contributed by atoms with Gasteiger partial charge in [-0.25, -0.2) is 0 Å². The zero-order chi connectivity index (χ0) is 11.2. The van der Waals surface area contributed by atoms with Crippen molar-refractivity contribution < 1.29 is 18.1 Å². The van der Waals surface area contributed by atoms with Crippen molar-refractivity contribution in [2.75, 3.05) is 6.61 Å². The van der Waals surface area contributed by atoms with Gasteiger partial charge < -0.3 is 5.11 Å². The van der Waals surface area contributed by atoms with Gasteiger partial charge in [-0.1, -0.05) is 19.8 Å². The van der Waals surface area contributed by atoms with Gasteiger partial charge in [-0.3, -0.25) is 4.55 Å². The molecule has 0 aliphatic rings. The van der Waals surface area contributed by atoms with Gasteiger partial charge in [0.25, 0.3) is 10.1 Å². The molecule has 0 saturated carbocycles. The third-order valence-corrected chi connectivity index (χ3v) is 3.37. The SMILES string of the molecule is CCCCC(C(C#N)CO)S(=O)(=O)O. The van der Waals surface area contributed by atoms with Crippen LogP contribution in [0.4, 0.5) is 0 Å². The van der Waals surface area contributed by atoms with Crippen molar-refractivity contribution in [3.05, 3.63) is 0 Å². The fraction of sp³-hybridized carbons (Fsp3) is 0.875. The first-order valence-electron chi connectivity index (χ1n) is 4.44. The Morgan fingerprint density at radius 2 is 2.07 bits per heavy atom. The summed E-state index contributed by atoms with van der Waals surface area (Å²) < 4.78 is 30.6. The van der Waals surface area contributed by atoms with Gasteiger partial charge in [0.1, 0.15) is 5.25 Å². The maximum atomic E-state index is 10.9. The molecule has 0 spiro atoms. The van der Waals surface area contributed by atoms with Gasteiger partial charge in [0.05, 0.1) is 18.6 Å². The van der Waals surface area contributed by atoms with E-state index in [1.165, 1.54) is 0 Å². The van der Waals surface area contributed by atoms with E-state index in [0.717, 1.165) is 6.42 Å². The molecular weight excluding hydrogens is 206 g/mol. The highest BCUT2D eigenvalue weighted by molar-refractivity contribution is 7.86. The monoisotopic (exact) mass is 221 g/mol. The summed E-state index contributed by atoms with van der Waals surface area (Å²) in [5.74, 6) is -1.04. The lowest BCUT2D eigenvalue weighted by Gasteiger charge is -2.16. The van der Waals surface area contributed by atoms with E-state index >= 15 is 0 Å². The molecule has 0 aromatic carbocycles. The third-order valence-electron chi connectivity index (χ3n) is 2.04. The summed E-state index contributed by atoms with van der Waals surface area (Å²) in [7, 11) is -4.24. The average Bonchev–Trinajstić information content (AvgIpc) is 2.10. The maximum absolute atomic E-state index is 10.9. The molecule has 5 nitrogen and oxygen atoms in total. The summed E-state index contributed by atoms with van der Waals surface area (Å²) in [6.45, 7) is 1.33. The highest BCUT2D eigenvalue weighted by Crippen LogP contribution is 2.17. The van der Waals surface area contributed by atoms with Gasteiger partial charge >= 0.3 is 0 Å². The first-order chi connectivity index (χ1) is 6.47. The first-order valence-corrected chi connectivity index (χ1v) is 5.94. The minimum Gasteiger partial charge on any atom is -0.395 e. The van der Waals surface area contributed by atoms with E-state index < -0.39 is 27.9 Å². The van der Waals surface area contributed by atoms with Crippen LogP contribution >= 0.6 is 0 Å². The fourth-order valence-corrected chi connectivity index (χ4v) is 2.23. The summed E-state index contributed by atoms with van der Waals surface area (Å²) in [5.41, 5.74) is 0. The highest BCUT2D eigenvalue weighted by Gasteiger charge is 2.31. The Bertz CT molecular complexity index is 293. The van der Waals surface area contributed by atoms with Crippen molar-refractivity contribution in [2.24, 2.45) is 5.92 Å². The first kappa shape index (κ1) is 13.4. The van der Waals surface area contributed by atoms with Gasteiger partial charge in [0.2, 0.25) is 0 Å². The lowest BCUT2D eigenvalue weighted by molar-refractivity contribution is 0.244. The second-order valence-corrected chi connectivity index (χ2v) is 4.75. The minimum absolute atomic E-state index is 0.203. The van der Waals surface area contributed by atoms with Crippen LogP contribution in [0.25, 0.3) is 0 Å². The van der Waals surface area contributed by atoms with Crippen molar-refractivity contribution in [2.45, 2.75) is 31.4 Å². The van der Waals surface area contributed by atoms with Crippen molar-refractivity contribution in [3.8, 4) is 6.07 Å². The number of hydrogen-bond acceptors (Lipinski definition) is 4. The number of nitriles is 1. The molecule has 0 saturated heterocycles. The molecule has 14 heavy (non-hydrogen) atoms. The van der Waals surface area contributed by atoms with Gasteiger partial charge in [0, 0.05) is 0 Å². The Morgan fingerprint density at radius 1 is 1.50 bits per heavy atom. The van der Waals surface area contributed by atoms with Crippen LogP contribution in [0.5, 0.6) is 0 Å². The van der Waals surface area contributed by atoms with Crippen LogP contribution in [0.1, 0.15) is 26.2 Å². The third kappa shape index (κ3) is 4.05. The van der Waals surface area contributed by atoms with Crippen LogP contribution in [-0.2, 0) is 10.1 Å². The van der Waals surface area contributed by atoms with E-state index in [1.807, 2.05) is 6.92 Å². The van der Waals surface area contributed by atoms with Crippen LogP contribution in [0.15, 0.2) is 0 Å². The molecule has 0 amide bonds.